The Bertz CT molecular complexity index is 125. The molecule has 0 aromatic heterocycles. The number of carbonyl (C=O) groups is 1. The van der Waals surface area contributed by atoms with Gasteiger partial charge in [-0.15, -0.1) is 0 Å². The average molecular weight is 173 g/mol. The van der Waals surface area contributed by atoms with Crippen LogP contribution >= 0.6 is 0 Å². The number of rotatable bonds is 6. The number of nitrogens with one attached hydrogen (secondary N) is 1. The second-order valence-electron chi connectivity index (χ2n) is 3.01. The third kappa shape index (κ3) is 7.50. The Morgan fingerprint density at radius 1 is 1.58 bits per heavy atom. The van der Waals surface area contributed by atoms with Gasteiger partial charge in [0.05, 0.1) is 0 Å². The van der Waals surface area contributed by atoms with Gasteiger partial charge in [0.2, 0.25) is 5.91 Å². The highest BCUT2D eigenvalue weighted by atomic mass is 16.1. The van der Waals surface area contributed by atoms with E-state index in [0.717, 1.165) is 12.8 Å². The molecule has 1 unspecified atom stereocenters. The van der Waals surface area contributed by atoms with Gasteiger partial charge in [0.25, 0.3) is 0 Å². The lowest BCUT2D eigenvalue weighted by atomic mass is 10.2. The Hall–Kier alpha value is -0.610. The Balaban J connectivity index is 3.22. The van der Waals surface area contributed by atoms with Gasteiger partial charge in [-0.1, -0.05) is 0 Å². The van der Waals surface area contributed by atoms with E-state index in [-0.39, 0.29) is 11.9 Å². The maximum Gasteiger partial charge on any atom is 0.220 e. The summed E-state index contributed by atoms with van der Waals surface area (Å²) in [6.07, 6.45) is 2.10. The molecule has 1 atom stereocenters. The number of hydrogen-bond donors (Lipinski definition) is 3. The monoisotopic (exact) mass is 173 g/mol. The Labute approximate surface area is 73.7 Å². The Kier molecular flexibility index (Phi) is 6.70. The molecule has 0 bridgehead atoms. The van der Waals surface area contributed by atoms with Crippen molar-refractivity contribution in [2.45, 2.75) is 32.2 Å². The standard InChI is InChI=1S/C8H19N3O/c1-7(10)3-4-8(12)11-6-2-5-9/h7H,2-6,9-10H2,1H3,(H,11,12). The molecule has 0 radical (unpaired) electrons. The Morgan fingerprint density at radius 3 is 2.75 bits per heavy atom. The van der Waals surface area contributed by atoms with Gasteiger partial charge in [-0.05, 0) is 26.3 Å². The molecule has 0 spiro atoms. The molecule has 4 nitrogen and oxygen atoms in total. The van der Waals surface area contributed by atoms with Crippen LogP contribution in [-0.4, -0.2) is 25.0 Å². The molecule has 0 aliphatic carbocycles. The lowest BCUT2D eigenvalue weighted by Crippen LogP contribution is -2.27. The minimum Gasteiger partial charge on any atom is -0.356 e. The highest BCUT2D eigenvalue weighted by Gasteiger charge is 2.01. The third-order valence-electron chi connectivity index (χ3n) is 1.53. The molecular formula is C8H19N3O. The SMILES string of the molecule is CC(N)CCC(=O)NCCCN. The summed E-state index contributed by atoms with van der Waals surface area (Å²) < 4.78 is 0. The first-order chi connectivity index (χ1) is 5.66. The van der Waals surface area contributed by atoms with Crippen molar-refractivity contribution >= 4 is 5.91 Å². The smallest absolute Gasteiger partial charge is 0.220 e. The fourth-order valence-corrected chi connectivity index (χ4v) is 0.777. The van der Waals surface area contributed by atoms with Crippen molar-refractivity contribution in [3.05, 3.63) is 0 Å². The van der Waals surface area contributed by atoms with E-state index < -0.39 is 0 Å². The summed E-state index contributed by atoms with van der Waals surface area (Å²) in [5.41, 5.74) is 10.8. The number of amides is 1. The first-order valence-corrected chi connectivity index (χ1v) is 4.39. The highest BCUT2D eigenvalue weighted by molar-refractivity contribution is 5.75. The van der Waals surface area contributed by atoms with Gasteiger partial charge in [0.1, 0.15) is 0 Å². The van der Waals surface area contributed by atoms with Crippen molar-refractivity contribution in [2.75, 3.05) is 13.1 Å². The second kappa shape index (κ2) is 7.06. The normalized spacial score (nSPS) is 12.6. The predicted octanol–water partition coefficient (Wildman–Crippen LogP) is -0.421. The lowest BCUT2D eigenvalue weighted by Gasteiger charge is -2.05. The van der Waals surface area contributed by atoms with Gasteiger partial charge in [-0.3, -0.25) is 4.79 Å². The van der Waals surface area contributed by atoms with Crippen LogP contribution in [0.3, 0.4) is 0 Å². The van der Waals surface area contributed by atoms with Crippen molar-refractivity contribution in [3.8, 4) is 0 Å². The predicted molar refractivity (Wildman–Crippen MR) is 49.6 cm³/mol. The molecule has 72 valence electrons. The van der Waals surface area contributed by atoms with Crippen molar-refractivity contribution in [1.82, 2.24) is 5.32 Å². The lowest BCUT2D eigenvalue weighted by molar-refractivity contribution is -0.121. The molecule has 0 heterocycles. The fraction of sp³-hybridized carbons (Fsp3) is 0.875. The van der Waals surface area contributed by atoms with E-state index in [1.165, 1.54) is 0 Å². The van der Waals surface area contributed by atoms with Crippen LogP contribution in [0.25, 0.3) is 0 Å². The molecule has 0 saturated carbocycles. The average Bonchev–Trinajstić information content (AvgIpc) is 2.01. The van der Waals surface area contributed by atoms with Gasteiger partial charge in [-0.25, -0.2) is 0 Å². The molecule has 0 saturated heterocycles. The maximum absolute atomic E-state index is 11.0. The van der Waals surface area contributed by atoms with Gasteiger partial charge in [0, 0.05) is 19.0 Å². The molecule has 0 aliphatic rings. The molecule has 0 aromatic carbocycles. The first kappa shape index (κ1) is 11.4. The molecule has 0 aliphatic heterocycles. The van der Waals surface area contributed by atoms with Crippen molar-refractivity contribution < 1.29 is 4.79 Å². The largest absolute Gasteiger partial charge is 0.356 e. The van der Waals surface area contributed by atoms with Gasteiger partial charge >= 0.3 is 0 Å². The van der Waals surface area contributed by atoms with Crippen LogP contribution in [0.2, 0.25) is 0 Å². The maximum atomic E-state index is 11.0. The zero-order chi connectivity index (χ0) is 9.40. The molecule has 0 rings (SSSR count). The number of hydrogen-bond acceptors (Lipinski definition) is 3. The molecule has 0 aromatic rings. The minimum absolute atomic E-state index is 0.0701. The van der Waals surface area contributed by atoms with E-state index in [1.54, 1.807) is 0 Å². The van der Waals surface area contributed by atoms with Crippen LogP contribution in [0, 0.1) is 0 Å². The highest BCUT2D eigenvalue weighted by Crippen LogP contribution is 1.92. The van der Waals surface area contributed by atoms with E-state index in [1.807, 2.05) is 6.92 Å². The van der Waals surface area contributed by atoms with Crippen molar-refractivity contribution in [1.29, 1.82) is 0 Å². The number of carbonyl (C=O) groups excluding carboxylic acids is 1. The van der Waals surface area contributed by atoms with Crippen LogP contribution in [0.5, 0.6) is 0 Å². The van der Waals surface area contributed by atoms with Crippen LogP contribution in [0.4, 0.5) is 0 Å². The molecule has 0 fully saturated rings. The van der Waals surface area contributed by atoms with E-state index in [4.69, 9.17) is 11.5 Å². The summed E-state index contributed by atoms with van der Waals surface area (Å²) in [4.78, 5) is 11.0. The van der Waals surface area contributed by atoms with E-state index >= 15 is 0 Å². The van der Waals surface area contributed by atoms with Crippen LogP contribution in [-0.2, 0) is 4.79 Å². The second-order valence-corrected chi connectivity index (χ2v) is 3.01. The molecule has 4 heteroatoms. The molecule has 5 N–H and O–H groups in total. The van der Waals surface area contributed by atoms with Gasteiger partial charge < -0.3 is 16.8 Å². The summed E-state index contributed by atoms with van der Waals surface area (Å²) in [6, 6.07) is 0.102. The number of nitrogens with two attached hydrogens (primary N) is 2. The van der Waals surface area contributed by atoms with Crippen molar-refractivity contribution in [2.24, 2.45) is 11.5 Å². The summed E-state index contributed by atoms with van der Waals surface area (Å²) in [6.45, 7) is 3.19. The molecule has 12 heavy (non-hydrogen) atoms. The molecular weight excluding hydrogens is 154 g/mol. The van der Waals surface area contributed by atoms with Gasteiger partial charge in [-0.2, -0.15) is 0 Å². The minimum atomic E-state index is 0.0701. The summed E-state index contributed by atoms with van der Waals surface area (Å²) >= 11 is 0. The zero-order valence-electron chi connectivity index (χ0n) is 7.68. The van der Waals surface area contributed by atoms with E-state index in [0.29, 0.717) is 19.5 Å². The van der Waals surface area contributed by atoms with Crippen LogP contribution < -0.4 is 16.8 Å². The Morgan fingerprint density at radius 2 is 2.25 bits per heavy atom. The van der Waals surface area contributed by atoms with Crippen LogP contribution in [0.1, 0.15) is 26.2 Å². The van der Waals surface area contributed by atoms with E-state index in [9.17, 15) is 4.79 Å². The molecule has 1 amide bonds. The first-order valence-electron chi connectivity index (χ1n) is 4.39. The van der Waals surface area contributed by atoms with Gasteiger partial charge in [0.15, 0.2) is 0 Å². The summed E-state index contributed by atoms with van der Waals surface area (Å²) in [5, 5.41) is 2.76. The quantitative estimate of drug-likeness (QED) is 0.477. The fourth-order valence-electron chi connectivity index (χ4n) is 0.777. The summed E-state index contributed by atoms with van der Waals surface area (Å²) in [5.74, 6) is 0.0701. The van der Waals surface area contributed by atoms with Crippen molar-refractivity contribution in [3.63, 3.8) is 0 Å². The third-order valence-corrected chi connectivity index (χ3v) is 1.53. The zero-order valence-corrected chi connectivity index (χ0v) is 7.68. The summed E-state index contributed by atoms with van der Waals surface area (Å²) in [7, 11) is 0. The topological polar surface area (TPSA) is 81.1 Å². The van der Waals surface area contributed by atoms with Crippen LogP contribution in [0.15, 0.2) is 0 Å². The van der Waals surface area contributed by atoms with E-state index in [2.05, 4.69) is 5.32 Å².